The summed E-state index contributed by atoms with van der Waals surface area (Å²) in [6.07, 6.45) is 3.15. The second-order valence-electron chi connectivity index (χ2n) is 6.06. The maximum atomic E-state index is 12.2. The van der Waals surface area contributed by atoms with Crippen LogP contribution in [0, 0.1) is 6.92 Å². The van der Waals surface area contributed by atoms with Gasteiger partial charge in [0.2, 0.25) is 0 Å². The van der Waals surface area contributed by atoms with Gasteiger partial charge in [-0.25, -0.2) is 4.79 Å². The maximum absolute atomic E-state index is 12.2. The molecule has 0 amide bonds. The van der Waals surface area contributed by atoms with Gasteiger partial charge >= 0.3 is 5.63 Å². The van der Waals surface area contributed by atoms with Crippen molar-refractivity contribution in [2.45, 2.75) is 52.6 Å². The average Bonchev–Trinajstić information content (AvgIpc) is 2.46. The van der Waals surface area contributed by atoms with Crippen molar-refractivity contribution in [3.05, 3.63) is 39.2 Å². The second kappa shape index (κ2) is 5.59. The summed E-state index contributed by atoms with van der Waals surface area (Å²) in [6.45, 7) is 5.17. The molecule has 1 aromatic heterocycles. The fraction of sp³-hybridized carbons (Fsp3) is 0.444. The third-order valence-corrected chi connectivity index (χ3v) is 4.31. The van der Waals surface area contributed by atoms with Gasteiger partial charge in [0.05, 0.1) is 5.39 Å². The van der Waals surface area contributed by atoms with E-state index in [-0.39, 0.29) is 11.4 Å². The molecule has 0 fully saturated rings. The number of fused-ring (bicyclic) bond motifs is 3. The van der Waals surface area contributed by atoms with Crippen molar-refractivity contribution in [1.29, 1.82) is 0 Å². The lowest BCUT2D eigenvalue weighted by atomic mass is 9.90. The first-order valence-corrected chi connectivity index (χ1v) is 7.73. The Hall–Kier alpha value is -2.10. The van der Waals surface area contributed by atoms with Gasteiger partial charge in [0, 0.05) is 5.56 Å². The van der Waals surface area contributed by atoms with Crippen LogP contribution in [0.15, 0.2) is 21.3 Å². The van der Waals surface area contributed by atoms with Gasteiger partial charge in [-0.05, 0) is 69.7 Å². The molecule has 1 unspecified atom stereocenters. The number of ether oxygens (including phenoxy) is 1. The number of ketones is 1. The summed E-state index contributed by atoms with van der Waals surface area (Å²) < 4.78 is 11.4. The highest BCUT2D eigenvalue weighted by molar-refractivity contribution is 5.89. The number of carbonyl (C=O) groups is 1. The van der Waals surface area contributed by atoms with Crippen LogP contribution in [0.5, 0.6) is 5.75 Å². The average molecular weight is 300 g/mol. The van der Waals surface area contributed by atoms with E-state index in [4.69, 9.17) is 9.15 Å². The molecule has 1 heterocycles. The maximum Gasteiger partial charge on any atom is 0.339 e. The summed E-state index contributed by atoms with van der Waals surface area (Å²) in [6, 6.07) is 3.77. The topological polar surface area (TPSA) is 56.5 Å². The van der Waals surface area contributed by atoms with Gasteiger partial charge in [-0.3, -0.25) is 4.79 Å². The molecule has 116 valence electrons. The molecule has 0 saturated heterocycles. The lowest BCUT2D eigenvalue weighted by Gasteiger charge is -2.20. The number of rotatable bonds is 3. The smallest absolute Gasteiger partial charge is 0.339 e. The number of hydrogen-bond acceptors (Lipinski definition) is 4. The van der Waals surface area contributed by atoms with Crippen molar-refractivity contribution >= 4 is 16.8 Å². The van der Waals surface area contributed by atoms with Crippen molar-refractivity contribution in [3.8, 4) is 5.75 Å². The highest BCUT2D eigenvalue weighted by Crippen LogP contribution is 2.35. The van der Waals surface area contributed by atoms with Crippen molar-refractivity contribution in [1.82, 2.24) is 0 Å². The van der Waals surface area contributed by atoms with E-state index >= 15 is 0 Å². The molecule has 22 heavy (non-hydrogen) atoms. The van der Waals surface area contributed by atoms with Crippen LogP contribution in [0.4, 0.5) is 0 Å². The minimum atomic E-state index is -0.517. The van der Waals surface area contributed by atoms with Crippen LogP contribution in [0.1, 0.15) is 43.4 Å². The predicted octanol–water partition coefficient (Wildman–Crippen LogP) is 3.34. The van der Waals surface area contributed by atoms with Crippen LogP contribution in [0.3, 0.4) is 0 Å². The zero-order valence-corrected chi connectivity index (χ0v) is 13.2. The van der Waals surface area contributed by atoms with Crippen LogP contribution in [0.2, 0.25) is 0 Å². The van der Waals surface area contributed by atoms with Crippen LogP contribution in [-0.4, -0.2) is 11.9 Å². The van der Waals surface area contributed by atoms with E-state index in [1.807, 2.05) is 19.1 Å². The Labute approximate surface area is 129 Å². The molecule has 1 aliphatic carbocycles. The molecule has 4 heteroatoms. The number of hydrogen-bond donors (Lipinski definition) is 0. The van der Waals surface area contributed by atoms with E-state index in [2.05, 4.69) is 0 Å². The number of benzene rings is 1. The minimum absolute atomic E-state index is 0.0269. The lowest BCUT2D eigenvalue weighted by Crippen LogP contribution is -2.22. The quantitative estimate of drug-likeness (QED) is 0.816. The predicted molar refractivity (Wildman–Crippen MR) is 84.6 cm³/mol. The first-order chi connectivity index (χ1) is 10.5. The molecule has 0 aliphatic heterocycles. The molecule has 0 N–H and O–H groups in total. The molecule has 0 radical (unpaired) electrons. The summed E-state index contributed by atoms with van der Waals surface area (Å²) >= 11 is 0. The molecule has 0 bridgehead atoms. The summed E-state index contributed by atoms with van der Waals surface area (Å²) in [7, 11) is 0. The fourth-order valence-electron chi connectivity index (χ4n) is 3.03. The van der Waals surface area contributed by atoms with Crippen molar-refractivity contribution in [2.24, 2.45) is 0 Å². The van der Waals surface area contributed by atoms with Gasteiger partial charge < -0.3 is 9.15 Å². The van der Waals surface area contributed by atoms with Gasteiger partial charge in [-0.15, -0.1) is 0 Å². The Balaban J connectivity index is 2.26. The molecule has 1 aliphatic rings. The first kappa shape index (κ1) is 14.8. The van der Waals surface area contributed by atoms with E-state index in [0.29, 0.717) is 11.3 Å². The SMILES string of the molecule is CC(=O)C(C)Oc1cc(C)cc2oc(=O)c3c(c12)CCCC3. The van der Waals surface area contributed by atoms with Crippen LogP contribution >= 0.6 is 0 Å². The molecule has 2 aromatic rings. The van der Waals surface area contributed by atoms with Crippen molar-refractivity contribution < 1.29 is 13.9 Å². The van der Waals surface area contributed by atoms with Crippen molar-refractivity contribution in [3.63, 3.8) is 0 Å². The highest BCUT2D eigenvalue weighted by atomic mass is 16.5. The van der Waals surface area contributed by atoms with E-state index in [1.165, 1.54) is 6.92 Å². The van der Waals surface area contributed by atoms with Gasteiger partial charge in [-0.1, -0.05) is 0 Å². The van der Waals surface area contributed by atoms with Gasteiger partial charge in [0.1, 0.15) is 11.3 Å². The summed E-state index contributed by atoms with van der Waals surface area (Å²) in [5, 5.41) is 0.855. The molecule has 0 saturated carbocycles. The minimum Gasteiger partial charge on any atom is -0.482 e. The normalized spacial score (nSPS) is 15.4. The fourth-order valence-corrected chi connectivity index (χ4v) is 3.03. The van der Waals surface area contributed by atoms with Gasteiger partial charge in [0.15, 0.2) is 11.9 Å². The van der Waals surface area contributed by atoms with E-state index in [9.17, 15) is 9.59 Å². The molecule has 1 atom stereocenters. The Morgan fingerprint density at radius 2 is 1.91 bits per heavy atom. The van der Waals surface area contributed by atoms with Crippen LogP contribution < -0.4 is 10.4 Å². The second-order valence-corrected chi connectivity index (χ2v) is 6.06. The molecule has 1 aromatic carbocycles. The van der Waals surface area contributed by atoms with Crippen molar-refractivity contribution in [2.75, 3.05) is 0 Å². The third kappa shape index (κ3) is 2.54. The summed E-state index contributed by atoms with van der Waals surface area (Å²) in [5.74, 6) is 0.612. The van der Waals surface area contributed by atoms with Gasteiger partial charge in [-0.2, -0.15) is 0 Å². The Morgan fingerprint density at radius 3 is 2.59 bits per heavy atom. The zero-order valence-electron chi connectivity index (χ0n) is 13.2. The Morgan fingerprint density at radius 1 is 1.23 bits per heavy atom. The number of carbonyl (C=O) groups excluding carboxylic acids is 1. The zero-order chi connectivity index (χ0) is 15.9. The Bertz CT molecular complexity index is 801. The standard InChI is InChI=1S/C18H20O4/c1-10-8-15(21-12(3)11(2)19)17-13-6-4-5-7-14(13)18(20)22-16(17)9-10/h8-9,12H,4-7H2,1-3H3. The molecule has 3 rings (SSSR count). The highest BCUT2D eigenvalue weighted by Gasteiger charge is 2.22. The van der Waals surface area contributed by atoms with Gasteiger partial charge in [0.25, 0.3) is 0 Å². The summed E-state index contributed by atoms with van der Waals surface area (Å²) in [5.41, 5.74) is 3.05. The van der Waals surface area contributed by atoms with E-state index in [0.717, 1.165) is 47.8 Å². The monoisotopic (exact) mass is 300 g/mol. The molecule has 0 spiro atoms. The number of aryl methyl sites for hydroxylation is 2. The third-order valence-electron chi connectivity index (χ3n) is 4.31. The molecular formula is C18H20O4. The molecule has 4 nitrogen and oxygen atoms in total. The Kier molecular flexibility index (Phi) is 3.77. The number of Topliss-reactive ketones (excluding diaryl/α,β-unsaturated/α-hetero) is 1. The first-order valence-electron chi connectivity index (χ1n) is 7.73. The van der Waals surface area contributed by atoms with Crippen LogP contribution in [-0.2, 0) is 17.6 Å². The lowest BCUT2D eigenvalue weighted by molar-refractivity contribution is -0.122. The van der Waals surface area contributed by atoms with Crippen LogP contribution in [0.25, 0.3) is 11.0 Å². The summed E-state index contributed by atoms with van der Waals surface area (Å²) in [4.78, 5) is 23.7. The van der Waals surface area contributed by atoms with E-state index in [1.54, 1.807) is 6.92 Å². The van der Waals surface area contributed by atoms with E-state index < -0.39 is 6.10 Å². The molecular weight excluding hydrogens is 280 g/mol. The largest absolute Gasteiger partial charge is 0.482 e.